The number of nitrogens with zero attached hydrogens (tertiary/aromatic N) is 2. The Balaban J connectivity index is 1.80. The quantitative estimate of drug-likeness (QED) is 0.288. The van der Waals surface area contributed by atoms with Crippen molar-refractivity contribution in [1.29, 1.82) is 0 Å². The second-order valence-corrected chi connectivity index (χ2v) is 8.85. The maximum atomic E-state index is 13.6. The van der Waals surface area contributed by atoms with E-state index in [0.29, 0.717) is 28.4 Å². The number of carbonyl (C=O) groups excluding carboxylic acids is 2. The van der Waals surface area contributed by atoms with E-state index in [-0.39, 0.29) is 16.2 Å². The molecular formula is C27H25N3O6S. The first-order valence-electron chi connectivity index (χ1n) is 11.2. The van der Waals surface area contributed by atoms with E-state index in [1.165, 1.54) is 25.2 Å². The fourth-order valence-corrected chi connectivity index (χ4v) is 4.56. The minimum atomic E-state index is -1.03. The standard InChI is InChI=1S/C27H25N3O6S/c1-14-6-7-17(26(33)34)12-22(14)29-15(2)10-18(16(29)3)11-20-24(31)28-27(37)30(25(20)32)21-9-8-19(35-4)13-23(21)36-5/h6-13H,1-5H3,(H,33,34)(H,28,31,37)/b20-11-. The second kappa shape index (κ2) is 9.90. The molecule has 1 aliphatic heterocycles. The number of rotatable bonds is 6. The summed E-state index contributed by atoms with van der Waals surface area (Å²) >= 11 is 5.32. The van der Waals surface area contributed by atoms with Crippen molar-refractivity contribution in [3.8, 4) is 17.2 Å². The van der Waals surface area contributed by atoms with Crippen molar-refractivity contribution in [3.05, 3.63) is 76.1 Å². The van der Waals surface area contributed by atoms with Gasteiger partial charge >= 0.3 is 5.97 Å². The molecule has 0 bridgehead atoms. The van der Waals surface area contributed by atoms with Gasteiger partial charge in [-0.25, -0.2) is 9.69 Å². The number of benzene rings is 2. The Morgan fingerprint density at radius 1 is 1.00 bits per heavy atom. The van der Waals surface area contributed by atoms with Crippen molar-refractivity contribution < 1.29 is 29.0 Å². The molecule has 0 atom stereocenters. The minimum absolute atomic E-state index is 0.0674. The SMILES string of the molecule is COc1ccc(N2C(=O)/C(=C\c3cc(C)n(-c4cc(C(=O)O)ccc4C)c3C)C(=O)NC2=S)c(OC)c1. The van der Waals surface area contributed by atoms with Crippen LogP contribution < -0.4 is 19.7 Å². The van der Waals surface area contributed by atoms with Crippen LogP contribution in [0.15, 0.2) is 48.0 Å². The summed E-state index contributed by atoms with van der Waals surface area (Å²) in [6.07, 6.45) is 1.51. The molecular weight excluding hydrogens is 494 g/mol. The Morgan fingerprint density at radius 3 is 2.38 bits per heavy atom. The molecule has 1 saturated heterocycles. The lowest BCUT2D eigenvalue weighted by molar-refractivity contribution is -0.122. The van der Waals surface area contributed by atoms with Gasteiger partial charge in [-0.1, -0.05) is 6.07 Å². The maximum absolute atomic E-state index is 13.6. The first kappa shape index (κ1) is 25.6. The van der Waals surface area contributed by atoms with Crippen molar-refractivity contribution in [2.24, 2.45) is 0 Å². The lowest BCUT2D eigenvalue weighted by atomic mass is 10.1. The number of carboxylic acid groups (broad SMARTS) is 1. The molecule has 9 nitrogen and oxygen atoms in total. The van der Waals surface area contributed by atoms with Crippen molar-refractivity contribution >= 4 is 46.9 Å². The highest BCUT2D eigenvalue weighted by Gasteiger charge is 2.36. The molecule has 0 radical (unpaired) electrons. The van der Waals surface area contributed by atoms with Crippen LogP contribution in [-0.4, -0.2) is 46.8 Å². The van der Waals surface area contributed by atoms with E-state index in [0.717, 1.165) is 17.0 Å². The summed E-state index contributed by atoms with van der Waals surface area (Å²) < 4.78 is 12.6. The zero-order valence-electron chi connectivity index (χ0n) is 20.9. The first-order valence-corrected chi connectivity index (χ1v) is 11.6. The molecule has 2 N–H and O–H groups in total. The molecule has 1 aromatic heterocycles. The number of ether oxygens (including phenoxy) is 2. The van der Waals surface area contributed by atoms with Gasteiger partial charge in [-0.3, -0.25) is 14.9 Å². The summed E-state index contributed by atoms with van der Waals surface area (Å²) in [7, 11) is 2.98. The Bertz CT molecular complexity index is 1500. The van der Waals surface area contributed by atoms with Crippen LogP contribution in [0.4, 0.5) is 5.69 Å². The molecule has 4 rings (SSSR count). The fourth-order valence-electron chi connectivity index (χ4n) is 4.29. The Labute approximate surface area is 218 Å². The van der Waals surface area contributed by atoms with Crippen molar-refractivity contribution in [2.75, 3.05) is 19.1 Å². The zero-order chi connectivity index (χ0) is 27.0. The van der Waals surface area contributed by atoms with Crippen molar-refractivity contribution in [1.82, 2.24) is 9.88 Å². The number of carbonyl (C=O) groups is 3. The number of methoxy groups -OCH3 is 2. The van der Waals surface area contributed by atoms with Gasteiger partial charge in [0.2, 0.25) is 0 Å². The smallest absolute Gasteiger partial charge is 0.335 e. The Hall–Kier alpha value is -4.44. The van der Waals surface area contributed by atoms with Gasteiger partial charge in [0.25, 0.3) is 11.8 Å². The number of amides is 2. The van der Waals surface area contributed by atoms with Crippen LogP contribution in [0.3, 0.4) is 0 Å². The summed E-state index contributed by atoms with van der Waals surface area (Å²) in [5.74, 6) is -1.37. The van der Waals surface area contributed by atoms with Gasteiger partial charge in [0.15, 0.2) is 5.11 Å². The predicted octanol–water partition coefficient (Wildman–Crippen LogP) is 3.95. The Morgan fingerprint density at radius 2 is 1.73 bits per heavy atom. The zero-order valence-corrected chi connectivity index (χ0v) is 21.7. The van der Waals surface area contributed by atoms with E-state index < -0.39 is 17.8 Å². The summed E-state index contributed by atoms with van der Waals surface area (Å²) in [6.45, 7) is 5.60. The number of hydrogen-bond acceptors (Lipinski definition) is 6. The fraction of sp³-hybridized carbons (Fsp3) is 0.185. The van der Waals surface area contributed by atoms with E-state index in [1.807, 2.05) is 31.4 Å². The van der Waals surface area contributed by atoms with E-state index in [4.69, 9.17) is 21.7 Å². The molecule has 37 heavy (non-hydrogen) atoms. The van der Waals surface area contributed by atoms with Gasteiger partial charge in [-0.05, 0) is 80.5 Å². The second-order valence-electron chi connectivity index (χ2n) is 8.46. The van der Waals surface area contributed by atoms with Crippen molar-refractivity contribution in [3.63, 3.8) is 0 Å². The normalized spacial score (nSPS) is 14.7. The number of anilines is 1. The van der Waals surface area contributed by atoms with Gasteiger partial charge < -0.3 is 19.1 Å². The largest absolute Gasteiger partial charge is 0.497 e. The number of aryl methyl sites for hydroxylation is 2. The monoisotopic (exact) mass is 519 g/mol. The predicted molar refractivity (Wildman–Crippen MR) is 143 cm³/mol. The van der Waals surface area contributed by atoms with Crippen LogP contribution >= 0.6 is 12.2 Å². The number of thiocarbonyl (C=S) groups is 1. The number of aromatic carboxylic acids is 1. The average molecular weight is 520 g/mol. The van der Waals surface area contributed by atoms with Gasteiger partial charge in [0.05, 0.1) is 25.5 Å². The molecule has 0 spiro atoms. The van der Waals surface area contributed by atoms with E-state index in [1.54, 1.807) is 36.4 Å². The van der Waals surface area contributed by atoms with E-state index in [9.17, 15) is 19.5 Å². The molecule has 0 saturated carbocycles. The molecule has 3 aromatic rings. The lowest BCUT2D eigenvalue weighted by Gasteiger charge is -2.30. The van der Waals surface area contributed by atoms with E-state index in [2.05, 4.69) is 5.32 Å². The van der Waals surface area contributed by atoms with E-state index >= 15 is 0 Å². The van der Waals surface area contributed by atoms with Crippen LogP contribution in [0.5, 0.6) is 11.5 Å². The van der Waals surface area contributed by atoms with Crippen LogP contribution in [0.2, 0.25) is 0 Å². The maximum Gasteiger partial charge on any atom is 0.335 e. The molecule has 1 fully saturated rings. The average Bonchev–Trinajstić information content (AvgIpc) is 3.14. The molecule has 0 unspecified atom stereocenters. The van der Waals surface area contributed by atoms with Crippen LogP contribution in [0, 0.1) is 20.8 Å². The number of hydrogen-bond donors (Lipinski definition) is 2. The Kier molecular flexibility index (Phi) is 6.86. The summed E-state index contributed by atoms with van der Waals surface area (Å²) in [4.78, 5) is 39.2. The molecule has 10 heteroatoms. The molecule has 2 heterocycles. The highest BCUT2D eigenvalue weighted by Crippen LogP contribution is 2.35. The summed E-state index contributed by atoms with van der Waals surface area (Å²) in [5.41, 5.74) is 4.16. The molecule has 1 aliphatic rings. The third kappa shape index (κ3) is 4.58. The molecule has 0 aliphatic carbocycles. The molecule has 190 valence electrons. The summed E-state index contributed by atoms with van der Waals surface area (Å²) in [6, 6.07) is 11.6. The van der Waals surface area contributed by atoms with Crippen LogP contribution in [0.25, 0.3) is 11.8 Å². The van der Waals surface area contributed by atoms with Crippen molar-refractivity contribution in [2.45, 2.75) is 20.8 Å². The van der Waals surface area contributed by atoms with Gasteiger partial charge in [0, 0.05) is 23.1 Å². The molecule has 2 amide bonds. The topological polar surface area (TPSA) is 110 Å². The lowest BCUT2D eigenvalue weighted by Crippen LogP contribution is -2.54. The highest BCUT2D eigenvalue weighted by molar-refractivity contribution is 7.80. The minimum Gasteiger partial charge on any atom is -0.497 e. The van der Waals surface area contributed by atoms with Crippen LogP contribution in [-0.2, 0) is 9.59 Å². The third-order valence-electron chi connectivity index (χ3n) is 6.20. The molecule has 2 aromatic carbocycles. The van der Waals surface area contributed by atoms with Gasteiger partial charge in [0.1, 0.15) is 17.1 Å². The number of aromatic nitrogens is 1. The highest BCUT2D eigenvalue weighted by atomic mass is 32.1. The number of nitrogens with one attached hydrogen (secondary N) is 1. The third-order valence-corrected chi connectivity index (χ3v) is 6.48. The first-order chi connectivity index (χ1) is 17.6. The van der Waals surface area contributed by atoms with Gasteiger partial charge in [-0.2, -0.15) is 0 Å². The number of carboxylic acids is 1. The van der Waals surface area contributed by atoms with Gasteiger partial charge in [-0.15, -0.1) is 0 Å². The van der Waals surface area contributed by atoms with Crippen LogP contribution in [0.1, 0.15) is 32.9 Å². The summed E-state index contributed by atoms with van der Waals surface area (Å²) in [5, 5.41) is 12.0.